The van der Waals surface area contributed by atoms with E-state index in [2.05, 4.69) is 47.0 Å². The second kappa shape index (κ2) is 6.31. The fourth-order valence-electron chi connectivity index (χ4n) is 1.71. The minimum Gasteiger partial charge on any atom is -0.134 e. The van der Waals surface area contributed by atoms with Crippen molar-refractivity contribution in [2.45, 2.75) is 41.0 Å². The van der Waals surface area contributed by atoms with Crippen LogP contribution in [0.15, 0.2) is 22.1 Å². The lowest BCUT2D eigenvalue weighted by Gasteiger charge is -2.15. The van der Waals surface area contributed by atoms with Crippen molar-refractivity contribution in [1.29, 1.82) is 0 Å². The Hall–Kier alpha value is -0.170. The summed E-state index contributed by atoms with van der Waals surface area (Å²) < 4.78 is 0. The predicted octanol–water partition coefficient (Wildman–Crippen LogP) is 4.64. The van der Waals surface area contributed by atoms with Gasteiger partial charge < -0.3 is 0 Å². The van der Waals surface area contributed by atoms with E-state index in [9.17, 15) is 0 Å². The van der Waals surface area contributed by atoms with Gasteiger partial charge in [0, 0.05) is 0 Å². The van der Waals surface area contributed by atoms with E-state index in [0.717, 1.165) is 6.42 Å². The van der Waals surface area contributed by atoms with E-state index in [1.165, 1.54) is 16.1 Å². The topological polar surface area (TPSA) is 0 Å². The molecule has 0 aromatic carbocycles. The minimum atomic E-state index is 0.638. The molecule has 0 atom stereocenters. The van der Waals surface area contributed by atoms with Gasteiger partial charge in [-0.15, -0.1) is 11.8 Å². The Balaban J connectivity index is 4.91. The van der Waals surface area contributed by atoms with E-state index in [4.69, 9.17) is 0 Å². The second-order valence-electron chi connectivity index (χ2n) is 3.50. The molecule has 0 rings (SSSR count). The Morgan fingerprint density at radius 2 is 1.92 bits per heavy atom. The Labute approximate surface area is 87.5 Å². The molecule has 76 valence electrons. The van der Waals surface area contributed by atoms with Gasteiger partial charge in [0.25, 0.3) is 0 Å². The summed E-state index contributed by atoms with van der Waals surface area (Å²) in [7, 11) is 0. The maximum absolute atomic E-state index is 2.26. The first-order chi connectivity index (χ1) is 6.08. The number of allylic oxidation sites excluding steroid dienone is 4. The molecule has 1 heteroatoms. The molecule has 0 bridgehead atoms. The highest BCUT2D eigenvalue weighted by Crippen LogP contribution is 2.28. The van der Waals surface area contributed by atoms with Crippen LogP contribution in [0.4, 0.5) is 0 Å². The first-order valence-electron chi connectivity index (χ1n) is 4.98. The van der Waals surface area contributed by atoms with E-state index in [1.807, 2.05) is 11.8 Å². The summed E-state index contributed by atoms with van der Waals surface area (Å²) in [5, 5.41) is 0. The van der Waals surface area contributed by atoms with E-state index in [1.54, 1.807) is 0 Å². The molecule has 0 fully saturated rings. The molecule has 0 aromatic rings. The monoisotopic (exact) mass is 198 g/mol. The molecule has 0 aliphatic heterocycles. The van der Waals surface area contributed by atoms with E-state index in [0.29, 0.717) is 5.92 Å². The first-order valence-corrected chi connectivity index (χ1v) is 6.21. The van der Waals surface area contributed by atoms with E-state index < -0.39 is 0 Å². The minimum absolute atomic E-state index is 0.638. The third kappa shape index (κ3) is 3.60. The van der Waals surface area contributed by atoms with Crippen molar-refractivity contribution in [2.75, 3.05) is 6.26 Å². The van der Waals surface area contributed by atoms with Crippen LogP contribution >= 0.6 is 11.8 Å². The van der Waals surface area contributed by atoms with Crippen molar-refractivity contribution in [3.05, 3.63) is 22.1 Å². The smallest absolute Gasteiger partial charge is 0.0126 e. The van der Waals surface area contributed by atoms with Crippen LogP contribution in [0.1, 0.15) is 41.0 Å². The molecule has 0 aromatic heterocycles. The molecule has 13 heavy (non-hydrogen) atoms. The summed E-state index contributed by atoms with van der Waals surface area (Å²) in [6, 6.07) is 0. The molecular weight excluding hydrogens is 176 g/mol. The zero-order chi connectivity index (χ0) is 10.4. The van der Waals surface area contributed by atoms with Crippen molar-refractivity contribution < 1.29 is 0 Å². The predicted molar refractivity (Wildman–Crippen MR) is 65.1 cm³/mol. The third-order valence-corrected chi connectivity index (χ3v) is 3.44. The van der Waals surface area contributed by atoms with Gasteiger partial charge >= 0.3 is 0 Å². The lowest BCUT2D eigenvalue weighted by molar-refractivity contribution is 0.773. The van der Waals surface area contributed by atoms with E-state index in [-0.39, 0.29) is 0 Å². The maximum Gasteiger partial charge on any atom is -0.0126 e. The number of hydrogen-bond donors (Lipinski definition) is 0. The molecule has 0 saturated carbocycles. The fraction of sp³-hybridized carbons (Fsp3) is 0.667. The number of hydrogen-bond acceptors (Lipinski definition) is 1. The summed E-state index contributed by atoms with van der Waals surface area (Å²) in [6.07, 6.45) is 5.55. The van der Waals surface area contributed by atoms with Crippen molar-refractivity contribution in [2.24, 2.45) is 5.92 Å². The first kappa shape index (κ1) is 12.8. The largest absolute Gasteiger partial charge is 0.134 e. The van der Waals surface area contributed by atoms with E-state index >= 15 is 0 Å². The van der Waals surface area contributed by atoms with Gasteiger partial charge in [-0.1, -0.05) is 26.8 Å². The molecule has 0 aliphatic carbocycles. The summed E-state index contributed by atoms with van der Waals surface area (Å²) in [5.74, 6) is 0.638. The zero-order valence-electron chi connectivity index (χ0n) is 9.77. The third-order valence-electron chi connectivity index (χ3n) is 2.35. The average Bonchev–Trinajstić information content (AvgIpc) is 2.07. The molecule has 0 spiro atoms. The number of rotatable bonds is 4. The van der Waals surface area contributed by atoms with Gasteiger partial charge in [0.15, 0.2) is 0 Å². The summed E-state index contributed by atoms with van der Waals surface area (Å²) >= 11 is 1.88. The number of thioether (sulfide) groups is 1. The van der Waals surface area contributed by atoms with Crippen LogP contribution in [0, 0.1) is 5.92 Å². The van der Waals surface area contributed by atoms with Gasteiger partial charge in [-0.25, -0.2) is 0 Å². The normalized spacial score (nSPS) is 14.8. The van der Waals surface area contributed by atoms with Crippen molar-refractivity contribution in [1.82, 2.24) is 0 Å². The Bertz CT molecular complexity index is 203. The quantitative estimate of drug-likeness (QED) is 0.593. The molecular formula is C12H22S. The Morgan fingerprint density at radius 1 is 1.38 bits per heavy atom. The van der Waals surface area contributed by atoms with Crippen LogP contribution in [0.25, 0.3) is 0 Å². The van der Waals surface area contributed by atoms with Crippen LogP contribution in [0.5, 0.6) is 0 Å². The summed E-state index contributed by atoms with van der Waals surface area (Å²) in [5.41, 5.74) is 2.97. The SMILES string of the molecule is C/C=C(\C(C)=C(/CC)SC)C(C)C. The van der Waals surface area contributed by atoms with Gasteiger partial charge in [0.1, 0.15) is 0 Å². The fourth-order valence-corrected chi connectivity index (χ4v) is 2.42. The molecule has 0 saturated heterocycles. The standard InChI is InChI=1S/C12H22S/c1-7-11(9(3)4)10(5)12(8-2)13-6/h7,9H,8H2,1-6H3/b11-7-,12-10+. The molecule has 0 unspecified atom stereocenters. The molecule has 0 radical (unpaired) electrons. The lowest BCUT2D eigenvalue weighted by Crippen LogP contribution is -1.97. The van der Waals surface area contributed by atoms with Crippen molar-refractivity contribution in [3.63, 3.8) is 0 Å². The highest BCUT2D eigenvalue weighted by molar-refractivity contribution is 8.02. The molecule has 0 aliphatic rings. The molecule has 0 amide bonds. The lowest BCUT2D eigenvalue weighted by atomic mass is 9.95. The average molecular weight is 198 g/mol. The van der Waals surface area contributed by atoms with Gasteiger partial charge in [-0.2, -0.15) is 0 Å². The Morgan fingerprint density at radius 3 is 2.15 bits per heavy atom. The van der Waals surface area contributed by atoms with Crippen molar-refractivity contribution >= 4 is 11.8 Å². The van der Waals surface area contributed by atoms with Crippen LogP contribution < -0.4 is 0 Å². The molecule has 0 N–H and O–H groups in total. The zero-order valence-corrected chi connectivity index (χ0v) is 10.6. The summed E-state index contributed by atoms with van der Waals surface area (Å²) in [6.45, 7) is 11.1. The summed E-state index contributed by atoms with van der Waals surface area (Å²) in [4.78, 5) is 1.52. The van der Waals surface area contributed by atoms with Gasteiger partial charge in [0.2, 0.25) is 0 Å². The maximum atomic E-state index is 2.26. The van der Waals surface area contributed by atoms with Gasteiger partial charge in [-0.05, 0) is 48.5 Å². The van der Waals surface area contributed by atoms with Crippen LogP contribution in [0.3, 0.4) is 0 Å². The van der Waals surface area contributed by atoms with Crippen LogP contribution in [-0.2, 0) is 0 Å². The molecule has 0 nitrogen and oxygen atoms in total. The van der Waals surface area contributed by atoms with Crippen molar-refractivity contribution in [3.8, 4) is 0 Å². The highest BCUT2D eigenvalue weighted by atomic mass is 32.2. The van der Waals surface area contributed by atoms with Crippen LogP contribution in [-0.4, -0.2) is 6.26 Å². The van der Waals surface area contributed by atoms with Gasteiger partial charge in [-0.3, -0.25) is 0 Å². The Kier molecular flexibility index (Phi) is 6.23. The highest BCUT2D eigenvalue weighted by Gasteiger charge is 2.07. The second-order valence-corrected chi connectivity index (χ2v) is 4.41. The molecule has 0 heterocycles. The van der Waals surface area contributed by atoms with Gasteiger partial charge in [0.05, 0.1) is 0 Å². The van der Waals surface area contributed by atoms with Crippen LogP contribution in [0.2, 0.25) is 0 Å².